The summed E-state index contributed by atoms with van der Waals surface area (Å²) in [5, 5.41) is 0.531. The number of aldehydes is 1. The maximum atomic E-state index is 10.0. The Morgan fingerprint density at radius 3 is 2.70 bits per heavy atom. The van der Waals surface area contributed by atoms with E-state index in [2.05, 4.69) is 0 Å². The van der Waals surface area contributed by atoms with Crippen LogP contribution < -0.4 is 0 Å². The molecular formula is C6H4Cl2OS. The number of rotatable bonds is 2. The van der Waals surface area contributed by atoms with E-state index in [1.54, 1.807) is 6.07 Å². The first kappa shape index (κ1) is 8.05. The number of hydrogen-bond acceptors (Lipinski definition) is 2. The Bertz CT molecular complexity index is 224. The van der Waals surface area contributed by atoms with Crippen LogP contribution in [0.25, 0.3) is 0 Å². The highest BCUT2D eigenvalue weighted by atomic mass is 35.5. The highest BCUT2D eigenvalue weighted by Crippen LogP contribution is 2.31. The normalized spacial score (nSPS) is 9.80. The minimum Gasteiger partial charge on any atom is -0.303 e. The second-order valence-corrected chi connectivity index (χ2v) is 3.85. The van der Waals surface area contributed by atoms with E-state index in [9.17, 15) is 4.79 Å². The zero-order chi connectivity index (χ0) is 7.56. The molecule has 4 heteroatoms. The molecule has 0 atom stereocenters. The van der Waals surface area contributed by atoms with Crippen LogP contribution in [-0.2, 0) is 11.2 Å². The first-order valence-electron chi connectivity index (χ1n) is 2.61. The third kappa shape index (κ3) is 1.72. The minimum absolute atomic E-state index is 0.400. The average Bonchev–Trinajstić information content (AvgIpc) is 2.14. The van der Waals surface area contributed by atoms with Gasteiger partial charge in [0.05, 0.1) is 5.02 Å². The van der Waals surface area contributed by atoms with Gasteiger partial charge in [-0.15, -0.1) is 11.3 Å². The number of hydrogen-bond donors (Lipinski definition) is 0. The van der Waals surface area contributed by atoms with Crippen LogP contribution >= 0.6 is 34.5 Å². The number of thiophene rings is 1. The van der Waals surface area contributed by atoms with Gasteiger partial charge in [0.1, 0.15) is 10.6 Å². The van der Waals surface area contributed by atoms with Crippen molar-refractivity contribution in [2.75, 3.05) is 0 Å². The van der Waals surface area contributed by atoms with Crippen LogP contribution in [-0.4, -0.2) is 6.29 Å². The van der Waals surface area contributed by atoms with Gasteiger partial charge in [0.2, 0.25) is 0 Å². The molecule has 0 saturated carbocycles. The summed E-state index contributed by atoms with van der Waals surface area (Å²) in [5.41, 5.74) is 0. The molecule has 0 amide bonds. The zero-order valence-electron chi connectivity index (χ0n) is 4.93. The fourth-order valence-electron chi connectivity index (χ4n) is 0.574. The molecule has 1 aromatic heterocycles. The number of halogens is 2. The molecule has 0 aromatic carbocycles. The van der Waals surface area contributed by atoms with Gasteiger partial charge in [-0.05, 0) is 6.07 Å². The summed E-state index contributed by atoms with van der Waals surface area (Å²) in [4.78, 5) is 10.9. The summed E-state index contributed by atoms with van der Waals surface area (Å²) in [6.45, 7) is 0. The predicted molar refractivity (Wildman–Crippen MR) is 44.1 cm³/mol. The summed E-state index contributed by atoms with van der Waals surface area (Å²) in [5.74, 6) is 0. The van der Waals surface area contributed by atoms with Gasteiger partial charge in [0, 0.05) is 11.3 Å². The van der Waals surface area contributed by atoms with Crippen molar-refractivity contribution in [2.45, 2.75) is 6.42 Å². The van der Waals surface area contributed by atoms with E-state index in [4.69, 9.17) is 23.2 Å². The lowest BCUT2D eigenvalue weighted by atomic mass is 10.4. The van der Waals surface area contributed by atoms with E-state index < -0.39 is 0 Å². The van der Waals surface area contributed by atoms with Crippen molar-refractivity contribution in [1.29, 1.82) is 0 Å². The van der Waals surface area contributed by atoms with Gasteiger partial charge in [0.25, 0.3) is 0 Å². The Balaban J connectivity index is 2.86. The molecular weight excluding hydrogens is 191 g/mol. The van der Waals surface area contributed by atoms with Crippen molar-refractivity contribution >= 4 is 40.8 Å². The Kier molecular flexibility index (Phi) is 2.72. The van der Waals surface area contributed by atoms with E-state index >= 15 is 0 Å². The van der Waals surface area contributed by atoms with Crippen molar-refractivity contribution in [3.05, 3.63) is 20.3 Å². The highest BCUT2D eigenvalue weighted by molar-refractivity contribution is 7.17. The van der Waals surface area contributed by atoms with Gasteiger partial charge >= 0.3 is 0 Å². The molecule has 1 aromatic rings. The third-order valence-corrected chi connectivity index (χ3v) is 2.87. The summed E-state index contributed by atoms with van der Waals surface area (Å²) in [6.07, 6.45) is 1.23. The second kappa shape index (κ2) is 3.37. The molecule has 0 N–H and O–H groups in total. The van der Waals surface area contributed by atoms with Gasteiger partial charge in [0.15, 0.2) is 0 Å². The molecule has 0 spiro atoms. The number of carbonyl (C=O) groups is 1. The molecule has 0 saturated heterocycles. The first-order chi connectivity index (χ1) is 4.74. The largest absolute Gasteiger partial charge is 0.303 e. The van der Waals surface area contributed by atoms with Crippen LogP contribution in [0.1, 0.15) is 4.88 Å². The summed E-state index contributed by atoms with van der Waals surface area (Å²) in [7, 11) is 0. The van der Waals surface area contributed by atoms with Crippen molar-refractivity contribution in [3.63, 3.8) is 0 Å². The highest BCUT2D eigenvalue weighted by Gasteiger charge is 2.02. The average molecular weight is 195 g/mol. The van der Waals surface area contributed by atoms with Crippen LogP contribution in [0.4, 0.5) is 0 Å². The van der Waals surface area contributed by atoms with Crippen molar-refractivity contribution < 1.29 is 4.79 Å². The molecule has 0 aliphatic rings. The Morgan fingerprint density at radius 2 is 2.30 bits per heavy atom. The molecule has 0 bridgehead atoms. The zero-order valence-corrected chi connectivity index (χ0v) is 7.26. The molecule has 1 heterocycles. The van der Waals surface area contributed by atoms with Gasteiger partial charge < -0.3 is 4.79 Å². The number of carbonyl (C=O) groups excluding carboxylic acids is 1. The van der Waals surface area contributed by atoms with E-state index in [1.165, 1.54) is 11.3 Å². The fraction of sp³-hybridized carbons (Fsp3) is 0.167. The van der Waals surface area contributed by atoms with E-state index in [0.29, 0.717) is 15.8 Å². The maximum absolute atomic E-state index is 10.0. The Hall–Kier alpha value is -0.0500. The van der Waals surface area contributed by atoms with Crippen molar-refractivity contribution in [2.24, 2.45) is 0 Å². The second-order valence-electron chi connectivity index (χ2n) is 1.71. The van der Waals surface area contributed by atoms with Crippen LogP contribution in [0.15, 0.2) is 6.07 Å². The van der Waals surface area contributed by atoms with Crippen LogP contribution in [0.3, 0.4) is 0 Å². The molecule has 0 aliphatic carbocycles. The standard InChI is InChI=1S/C6H4Cl2OS/c7-5-3-4(1-2-9)10-6(5)8/h2-3H,1H2. The lowest BCUT2D eigenvalue weighted by Gasteiger charge is -1.79. The monoisotopic (exact) mass is 194 g/mol. The smallest absolute Gasteiger partial charge is 0.125 e. The molecule has 0 aliphatic heterocycles. The van der Waals surface area contributed by atoms with Crippen LogP contribution in [0.5, 0.6) is 0 Å². The van der Waals surface area contributed by atoms with E-state index in [-0.39, 0.29) is 0 Å². The lowest BCUT2D eigenvalue weighted by molar-refractivity contribution is -0.107. The summed E-state index contributed by atoms with van der Waals surface area (Å²) < 4.78 is 0.554. The summed E-state index contributed by atoms with van der Waals surface area (Å²) in [6, 6.07) is 1.71. The Morgan fingerprint density at radius 1 is 1.60 bits per heavy atom. The fourth-order valence-corrected chi connectivity index (χ4v) is 1.95. The topological polar surface area (TPSA) is 17.1 Å². The molecule has 54 valence electrons. The van der Waals surface area contributed by atoms with Gasteiger partial charge in [-0.25, -0.2) is 0 Å². The molecule has 1 rings (SSSR count). The summed E-state index contributed by atoms with van der Waals surface area (Å²) >= 11 is 12.6. The van der Waals surface area contributed by atoms with Gasteiger partial charge in [-0.3, -0.25) is 0 Å². The van der Waals surface area contributed by atoms with Gasteiger partial charge in [-0.1, -0.05) is 23.2 Å². The van der Waals surface area contributed by atoms with Crippen molar-refractivity contribution in [3.8, 4) is 0 Å². The molecule has 0 unspecified atom stereocenters. The lowest BCUT2D eigenvalue weighted by Crippen LogP contribution is -1.76. The Labute approximate surface area is 72.6 Å². The van der Waals surface area contributed by atoms with E-state index in [1.807, 2.05) is 0 Å². The quantitative estimate of drug-likeness (QED) is 0.663. The van der Waals surface area contributed by atoms with Crippen LogP contribution in [0, 0.1) is 0 Å². The first-order valence-corrected chi connectivity index (χ1v) is 4.18. The van der Waals surface area contributed by atoms with E-state index in [0.717, 1.165) is 11.2 Å². The third-order valence-electron chi connectivity index (χ3n) is 0.981. The molecule has 0 fully saturated rings. The maximum Gasteiger partial charge on any atom is 0.125 e. The molecule has 10 heavy (non-hydrogen) atoms. The molecule has 1 nitrogen and oxygen atoms in total. The molecule has 0 radical (unpaired) electrons. The predicted octanol–water partition coefficient (Wildman–Crippen LogP) is 2.80. The van der Waals surface area contributed by atoms with Gasteiger partial charge in [-0.2, -0.15) is 0 Å². The SMILES string of the molecule is O=CCc1cc(Cl)c(Cl)s1. The minimum atomic E-state index is 0.400. The van der Waals surface area contributed by atoms with Crippen LogP contribution in [0.2, 0.25) is 9.36 Å². The van der Waals surface area contributed by atoms with Crippen molar-refractivity contribution in [1.82, 2.24) is 0 Å².